The van der Waals surface area contributed by atoms with E-state index in [0.29, 0.717) is 13.2 Å². The normalized spacial score (nSPS) is 21.9. The van der Waals surface area contributed by atoms with Gasteiger partial charge in [-0.15, -0.1) is 0 Å². The van der Waals surface area contributed by atoms with Gasteiger partial charge in [-0.05, 0) is 24.6 Å². The Kier molecular flexibility index (Phi) is 4.00. The molecule has 0 bridgehead atoms. The molecule has 3 rings (SSSR count). The van der Waals surface area contributed by atoms with Gasteiger partial charge in [0, 0.05) is 32.6 Å². The van der Waals surface area contributed by atoms with Crippen LogP contribution in [0.15, 0.2) is 18.2 Å². The first-order valence-electron chi connectivity index (χ1n) is 7.51. The highest BCUT2D eigenvalue weighted by Gasteiger charge is 2.35. The van der Waals surface area contributed by atoms with E-state index < -0.39 is 5.54 Å². The monoisotopic (exact) mass is 287 g/mol. The van der Waals surface area contributed by atoms with Gasteiger partial charge in [0.1, 0.15) is 5.54 Å². The number of ether oxygens (including phenoxy) is 2. The molecule has 2 aliphatic heterocycles. The maximum atomic E-state index is 9.77. The standard InChI is InChI=1S/C16H21N3O2/c1-16(12-17,19-7-5-18-6-8-19)13-3-4-14-15(11-13)21-10-2-9-20-14/h3-4,11,18H,2,5-10H2,1H3. The molecule has 1 unspecified atom stereocenters. The molecule has 0 aromatic heterocycles. The Morgan fingerprint density at radius 2 is 1.90 bits per heavy atom. The Balaban J connectivity index is 1.93. The SMILES string of the molecule is CC(C#N)(c1ccc2c(c1)OCCCO2)N1CCNCC1. The summed E-state index contributed by atoms with van der Waals surface area (Å²) in [7, 11) is 0. The third-order valence-corrected chi connectivity index (χ3v) is 4.28. The molecule has 0 radical (unpaired) electrons. The molecule has 1 saturated heterocycles. The predicted octanol–water partition coefficient (Wildman–Crippen LogP) is 1.49. The summed E-state index contributed by atoms with van der Waals surface area (Å²) in [5.74, 6) is 1.53. The van der Waals surface area contributed by atoms with Crippen molar-refractivity contribution in [1.82, 2.24) is 10.2 Å². The van der Waals surface area contributed by atoms with Crippen LogP contribution < -0.4 is 14.8 Å². The molecule has 1 N–H and O–H groups in total. The van der Waals surface area contributed by atoms with E-state index in [-0.39, 0.29) is 0 Å². The Hall–Kier alpha value is -1.77. The Morgan fingerprint density at radius 1 is 1.19 bits per heavy atom. The zero-order valence-corrected chi connectivity index (χ0v) is 12.4. The summed E-state index contributed by atoms with van der Waals surface area (Å²) in [6.45, 7) is 6.91. The van der Waals surface area contributed by atoms with E-state index in [4.69, 9.17) is 9.47 Å². The van der Waals surface area contributed by atoms with Crippen molar-refractivity contribution >= 4 is 0 Å². The van der Waals surface area contributed by atoms with Crippen LogP contribution >= 0.6 is 0 Å². The molecule has 112 valence electrons. The summed E-state index contributed by atoms with van der Waals surface area (Å²) < 4.78 is 11.4. The van der Waals surface area contributed by atoms with E-state index in [1.807, 2.05) is 25.1 Å². The minimum Gasteiger partial charge on any atom is -0.490 e. The first kappa shape index (κ1) is 14.2. The van der Waals surface area contributed by atoms with Gasteiger partial charge in [0.2, 0.25) is 0 Å². The number of nitrogens with zero attached hydrogens (tertiary/aromatic N) is 2. The van der Waals surface area contributed by atoms with E-state index in [0.717, 1.165) is 49.7 Å². The fraction of sp³-hybridized carbons (Fsp3) is 0.562. The minimum atomic E-state index is -0.632. The number of nitriles is 1. The molecule has 5 heteroatoms. The molecule has 21 heavy (non-hydrogen) atoms. The van der Waals surface area contributed by atoms with Crippen LogP contribution in [0.25, 0.3) is 0 Å². The maximum absolute atomic E-state index is 9.77. The highest BCUT2D eigenvalue weighted by atomic mass is 16.5. The number of rotatable bonds is 2. The summed E-state index contributed by atoms with van der Waals surface area (Å²) in [4.78, 5) is 2.22. The van der Waals surface area contributed by atoms with Crippen LogP contribution in [0.5, 0.6) is 11.5 Å². The topological polar surface area (TPSA) is 57.5 Å². The lowest BCUT2D eigenvalue weighted by Gasteiger charge is -2.39. The molecule has 1 atom stereocenters. The smallest absolute Gasteiger partial charge is 0.161 e. The second kappa shape index (κ2) is 5.92. The van der Waals surface area contributed by atoms with E-state index in [2.05, 4.69) is 16.3 Å². The Morgan fingerprint density at radius 3 is 2.62 bits per heavy atom. The molecule has 2 heterocycles. The second-order valence-electron chi connectivity index (χ2n) is 5.63. The quantitative estimate of drug-likeness (QED) is 0.893. The Bertz CT molecular complexity index is 549. The van der Waals surface area contributed by atoms with Gasteiger partial charge in [-0.2, -0.15) is 5.26 Å². The van der Waals surface area contributed by atoms with Crippen molar-refractivity contribution in [2.45, 2.75) is 18.9 Å². The molecule has 1 aromatic carbocycles. The molecule has 1 aromatic rings. The van der Waals surface area contributed by atoms with Crippen LogP contribution in [-0.2, 0) is 5.54 Å². The molecule has 0 spiro atoms. The molecule has 0 amide bonds. The second-order valence-corrected chi connectivity index (χ2v) is 5.63. The Labute approximate surface area is 125 Å². The van der Waals surface area contributed by atoms with Crippen molar-refractivity contribution in [2.75, 3.05) is 39.4 Å². The lowest BCUT2D eigenvalue weighted by Crippen LogP contribution is -2.52. The van der Waals surface area contributed by atoms with Gasteiger partial charge in [0.15, 0.2) is 11.5 Å². The van der Waals surface area contributed by atoms with Crippen molar-refractivity contribution in [3.05, 3.63) is 23.8 Å². The van der Waals surface area contributed by atoms with Gasteiger partial charge in [0.05, 0.1) is 19.3 Å². The van der Waals surface area contributed by atoms with E-state index in [1.165, 1.54) is 0 Å². The molecular formula is C16H21N3O2. The third kappa shape index (κ3) is 2.69. The fourth-order valence-electron chi connectivity index (χ4n) is 2.90. The third-order valence-electron chi connectivity index (χ3n) is 4.28. The molecule has 2 aliphatic rings. The van der Waals surface area contributed by atoms with Crippen molar-refractivity contribution in [3.63, 3.8) is 0 Å². The molecular weight excluding hydrogens is 266 g/mol. The molecule has 0 saturated carbocycles. The van der Waals surface area contributed by atoms with Crippen LogP contribution in [0, 0.1) is 11.3 Å². The van der Waals surface area contributed by atoms with Crippen molar-refractivity contribution < 1.29 is 9.47 Å². The molecule has 1 fully saturated rings. The number of piperazine rings is 1. The van der Waals surface area contributed by atoms with Crippen LogP contribution in [0.3, 0.4) is 0 Å². The van der Waals surface area contributed by atoms with E-state index in [9.17, 15) is 5.26 Å². The first-order valence-corrected chi connectivity index (χ1v) is 7.51. The van der Waals surface area contributed by atoms with Crippen LogP contribution in [0.1, 0.15) is 18.9 Å². The van der Waals surface area contributed by atoms with Crippen LogP contribution in [0.4, 0.5) is 0 Å². The van der Waals surface area contributed by atoms with E-state index >= 15 is 0 Å². The molecule has 5 nitrogen and oxygen atoms in total. The van der Waals surface area contributed by atoms with Gasteiger partial charge in [-0.3, -0.25) is 4.90 Å². The van der Waals surface area contributed by atoms with E-state index in [1.54, 1.807) is 0 Å². The highest BCUT2D eigenvalue weighted by molar-refractivity contribution is 5.47. The summed E-state index contributed by atoms with van der Waals surface area (Å²) in [5.41, 5.74) is 0.337. The summed E-state index contributed by atoms with van der Waals surface area (Å²) >= 11 is 0. The fourth-order valence-corrected chi connectivity index (χ4v) is 2.90. The summed E-state index contributed by atoms with van der Waals surface area (Å²) in [6.07, 6.45) is 0.886. The number of benzene rings is 1. The van der Waals surface area contributed by atoms with Gasteiger partial charge < -0.3 is 14.8 Å². The van der Waals surface area contributed by atoms with Crippen LogP contribution in [0.2, 0.25) is 0 Å². The summed E-state index contributed by atoms with van der Waals surface area (Å²) in [5, 5.41) is 13.1. The predicted molar refractivity (Wildman–Crippen MR) is 79.5 cm³/mol. The zero-order valence-electron chi connectivity index (χ0n) is 12.4. The van der Waals surface area contributed by atoms with Gasteiger partial charge in [-0.1, -0.05) is 6.07 Å². The number of hydrogen-bond donors (Lipinski definition) is 1. The average molecular weight is 287 g/mol. The van der Waals surface area contributed by atoms with Gasteiger partial charge in [0.25, 0.3) is 0 Å². The molecule has 0 aliphatic carbocycles. The number of fused-ring (bicyclic) bond motifs is 1. The highest BCUT2D eigenvalue weighted by Crippen LogP contribution is 2.36. The zero-order chi connectivity index (χ0) is 14.7. The van der Waals surface area contributed by atoms with Gasteiger partial charge >= 0.3 is 0 Å². The largest absolute Gasteiger partial charge is 0.490 e. The number of hydrogen-bond acceptors (Lipinski definition) is 5. The van der Waals surface area contributed by atoms with Gasteiger partial charge in [-0.25, -0.2) is 0 Å². The van der Waals surface area contributed by atoms with Crippen molar-refractivity contribution in [1.29, 1.82) is 5.26 Å². The maximum Gasteiger partial charge on any atom is 0.161 e. The van der Waals surface area contributed by atoms with Crippen LogP contribution in [-0.4, -0.2) is 44.3 Å². The lowest BCUT2D eigenvalue weighted by molar-refractivity contribution is 0.132. The summed E-state index contributed by atoms with van der Waals surface area (Å²) in [6, 6.07) is 8.36. The average Bonchev–Trinajstić information content (AvgIpc) is 2.79. The first-order chi connectivity index (χ1) is 10.2. The van der Waals surface area contributed by atoms with Crippen molar-refractivity contribution in [3.8, 4) is 17.6 Å². The van der Waals surface area contributed by atoms with Crippen molar-refractivity contribution in [2.24, 2.45) is 0 Å². The number of nitrogens with one attached hydrogen (secondary N) is 1. The minimum absolute atomic E-state index is 0.632. The lowest BCUT2D eigenvalue weighted by atomic mass is 9.90.